The van der Waals surface area contributed by atoms with E-state index in [1.807, 2.05) is 27.7 Å². The molecule has 2 fully saturated rings. The molecular formula is C16H34N2O3. The maximum Gasteiger partial charge on any atom is 0.217 e. The van der Waals surface area contributed by atoms with E-state index in [9.17, 15) is 9.59 Å². The van der Waals surface area contributed by atoms with Crippen LogP contribution in [0.3, 0.4) is 0 Å². The van der Waals surface area contributed by atoms with Crippen LogP contribution >= 0.6 is 0 Å². The molecule has 2 aliphatic rings. The Hall–Kier alpha value is -1.10. The highest BCUT2D eigenvalue weighted by molar-refractivity contribution is 5.73. The lowest BCUT2D eigenvalue weighted by atomic mass is 10.1. The molecule has 126 valence electrons. The minimum Gasteiger partial charge on any atom is -0.381 e. The summed E-state index contributed by atoms with van der Waals surface area (Å²) in [5, 5.41) is 5.64. The molecule has 0 aromatic carbocycles. The van der Waals surface area contributed by atoms with Crippen LogP contribution in [0.25, 0.3) is 0 Å². The highest BCUT2D eigenvalue weighted by atomic mass is 16.5. The molecule has 21 heavy (non-hydrogen) atoms. The van der Waals surface area contributed by atoms with Gasteiger partial charge in [0.15, 0.2) is 0 Å². The van der Waals surface area contributed by atoms with Crippen LogP contribution in [0.4, 0.5) is 0 Å². The summed E-state index contributed by atoms with van der Waals surface area (Å²) < 4.78 is 5.13. The van der Waals surface area contributed by atoms with Crippen LogP contribution in [-0.2, 0) is 14.3 Å². The van der Waals surface area contributed by atoms with Gasteiger partial charge in [0.05, 0.1) is 0 Å². The molecule has 1 aliphatic carbocycles. The molecule has 0 aromatic rings. The van der Waals surface area contributed by atoms with E-state index < -0.39 is 0 Å². The Bertz CT molecular complexity index is 260. The van der Waals surface area contributed by atoms with Gasteiger partial charge in [-0.05, 0) is 25.7 Å². The second kappa shape index (κ2) is 15.3. The zero-order valence-corrected chi connectivity index (χ0v) is 14.6. The van der Waals surface area contributed by atoms with Crippen molar-refractivity contribution in [1.82, 2.24) is 10.6 Å². The van der Waals surface area contributed by atoms with Gasteiger partial charge >= 0.3 is 0 Å². The Morgan fingerprint density at radius 3 is 1.33 bits per heavy atom. The molecular weight excluding hydrogens is 268 g/mol. The first-order valence-electron chi connectivity index (χ1n) is 8.20. The molecule has 0 unspecified atom stereocenters. The lowest BCUT2D eigenvalue weighted by molar-refractivity contribution is -0.120. The third kappa shape index (κ3) is 16.8. The summed E-state index contributed by atoms with van der Waals surface area (Å²) in [4.78, 5) is 20.7. The van der Waals surface area contributed by atoms with Crippen molar-refractivity contribution in [2.24, 2.45) is 0 Å². The molecule has 0 aromatic heterocycles. The van der Waals surface area contributed by atoms with Gasteiger partial charge in [-0.25, -0.2) is 0 Å². The molecule has 1 saturated carbocycles. The number of hydrogen-bond acceptors (Lipinski definition) is 3. The third-order valence-electron chi connectivity index (χ3n) is 2.61. The fourth-order valence-corrected chi connectivity index (χ4v) is 1.64. The van der Waals surface area contributed by atoms with Gasteiger partial charge in [0.25, 0.3) is 0 Å². The minimum atomic E-state index is 0.0619. The van der Waals surface area contributed by atoms with Crippen molar-refractivity contribution in [3.8, 4) is 0 Å². The fourth-order valence-electron chi connectivity index (χ4n) is 1.64. The lowest BCUT2D eigenvalue weighted by Gasteiger charge is -2.22. The standard InChI is InChI=1S/C7H13NO2.C5H9NO.2C2H6/c1-6(9)8-7-2-4-10-5-3-7;1-4(7)6-5-2-3-5;2*1-2/h7H,2-5H2,1H3,(H,8,9);5H,2-3H2,1H3,(H,6,7);2*1-2H3. The summed E-state index contributed by atoms with van der Waals surface area (Å²) in [6.07, 6.45) is 4.28. The van der Waals surface area contributed by atoms with Gasteiger partial charge in [0.2, 0.25) is 11.8 Å². The van der Waals surface area contributed by atoms with Gasteiger partial charge in [-0.2, -0.15) is 0 Å². The Morgan fingerprint density at radius 2 is 1.10 bits per heavy atom. The Balaban J connectivity index is 0. The van der Waals surface area contributed by atoms with Crippen molar-refractivity contribution in [2.75, 3.05) is 13.2 Å². The molecule has 0 bridgehead atoms. The van der Waals surface area contributed by atoms with Crippen molar-refractivity contribution in [1.29, 1.82) is 0 Å². The topological polar surface area (TPSA) is 67.4 Å². The maximum atomic E-state index is 10.6. The quantitative estimate of drug-likeness (QED) is 0.824. The summed E-state index contributed by atoms with van der Waals surface area (Å²) >= 11 is 0. The van der Waals surface area contributed by atoms with E-state index in [1.54, 1.807) is 13.8 Å². The highest BCUT2D eigenvalue weighted by Crippen LogP contribution is 2.17. The monoisotopic (exact) mass is 302 g/mol. The predicted octanol–water partition coefficient (Wildman–Crippen LogP) is 2.64. The van der Waals surface area contributed by atoms with Crippen LogP contribution in [0.15, 0.2) is 0 Å². The minimum absolute atomic E-state index is 0.0619. The van der Waals surface area contributed by atoms with Gasteiger partial charge < -0.3 is 15.4 Å². The normalized spacial score (nSPS) is 16.7. The highest BCUT2D eigenvalue weighted by Gasteiger charge is 2.21. The smallest absolute Gasteiger partial charge is 0.217 e. The van der Waals surface area contributed by atoms with Crippen LogP contribution in [0.5, 0.6) is 0 Å². The largest absolute Gasteiger partial charge is 0.381 e. The summed E-state index contributed by atoms with van der Waals surface area (Å²) in [5.41, 5.74) is 0. The molecule has 1 saturated heterocycles. The SMILES string of the molecule is CC.CC.CC(=O)NC1CC1.CC(=O)NC1CCOCC1. The van der Waals surface area contributed by atoms with Gasteiger partial charge in [-0.1, -0.05) is 27.7 Å². The number of nitrogens with one attached hydrogen (secondary N) is 2. The van der Waals surface area contributed by atoms with E-state index in [2.05, 4.69) is 10.6 Å². The van der Waals surface area contributed by atoms with Crippen molar-refractivity contribution >= 4 is 11.8 Å². The molecule has 1 aliphatic heterocycles. The molecule has 2 rings (SSSR count). The second-order valence-corrected chi connectivity index (χ2v) is 4.56. The zero-order chi connectivity index (χ0) is 16.7. The zero-order valence-electron chi connectivity index (χ0n) is 14.6. The van der Waals surface area contributed by atoms with Gasteiger partial charge in [-0.3, -0.25) is 9.59 Å². The second-order valence-electron chi connectivity index (χ2n) is 4.56. The average molecular weight is 302 g/mol. The Labute approximate surface area is 130 Å². The van der Waals surface area contributed by atoms with Gasteiger partial charge in [-0.15, -0.1) is 0 Å². The Morgan fingerprint density at radius 1 is 0.762 bits per heavy atom. The first-order valence-corrected chi connectivity index (χ1v) is 8.20. The van der Waals surface area contributed by atoms with Crippen LogP contribution in [0, 0.1) is 0 Å². The first kappa shape index (κ1) is 22.2. The van der Waals surface area contributed by atoms with Crippen molar-refractivity contribution in [3.63, 3.8) is 0 Å². The van der Waals surface area contributed by atoms with Crippen LogP contribution in [-0.4, -0.2) is 37.1 Å². The van der Waals surface area contributed by atoms with E-state index in [1.165, 1.54) is 12.8 Å². The molecule has 2 amide bonds. The molecule has 2 N–H and O–H groups in total. The van der Waals surface area contributed by atoms with E-state index in [0.29, 0.717) is 12.1 Å². The number of rotatable bonds is 2. The van der Waals surface area contributed by atoms with Crippen molar-refractivity contribution in [2.45, 2.75) is 79.3 Å². The third-order valence-corrected chi connectivity index (χ3v) is 2.61. The summed E-state index contributed by atoms with van der Waals surface area (Å²) in [6.45, 7) is 12.7. The van der Waals surface area contributed by atoms with E-state index in [-0.39, 0.29) is 11.8 Å². The van der Waals surface area contributed by atoms with Gasteiger partial charge in [0.1, 0.15) is 0 Å². The summed E-state index contributed by atoms with van der Waals surface area (Å²) in [6, 6.07) is 0.878. The number of ether oxygens (including phenoxy) is 1. The number of hydrogen-bond donors (Lipinski definition) is 2. The van der Waals surface area contributed by atoms with E-state index in [4.69, 9.17) is 4.74 Å². The lowest BCUT2D eigenvalue weighted by Crippen LogP contribution is -2.37. The molecule has 5 nitrogen and oxygen atoms in total. The molecule has 1 heterocycles. The fraction of sp³-hybridized carbons (Fsp3) is 0.875. The van der Waals surface area contributed by atoms with Crippen LogP contribution in [0.2, 0.25) is 0 Å². The Kier molecular flexibility index (Phi) is 16.2. The number of carbonyl (C=O) groups excluding carboxylic acids is 2. The first-order chi connectivity index (χ1) is 10.1. The molecule has 5 heteroatoms. The number of carbonyl (C=O) groups is 2. The molecule has 0 atom stereocenters. The number of amides is 2. The maximum absolute atomic E-state index is 10.6. The molecule has 0 spiro atoms. The predicted molar refractivity (Wildman–Crippen MR) is 87.2 cm³/mol. The molecule has 0 radical (unpaired) electrons. The van der Waals surface area contributed by atoms with E-state index >= 15 is 0 Å². The van der Waals surface area contributed by atoms with Crippen LogP contribution in [0.1, 0.15) is 67.2 Å². The average Bonchev–Trinajstić information content (AvgIpc) is 3.27. The van der Waals surface area contributed by atoms with Gasteiger partial charge in [0, 0.05) is 39.1 Å². The van der Waals surface area contributed by atoms with E-state index in [0.717, 1.165) is 26.1 Å². The van der Waals surface area contributed by atoms with Crippen LogP contribution < -0.4 is 10.6 Å². The van der Waals surface area contributed by atoms with Crippen molar-refractivity contribution in [3.05, 3.63) is 0 Å². The summed E-state index contributed by atoms with van der Waals surface area (Å²) in [5.74, 6) is 0.161. The van der Waals surface area contributed by atoms with Crippen molar-refractivity contribution < 1.29 is 14.3 Å². The summed E-state index contributed by atoms with van der Waals surface area (Å²) in [7, 11) is 0.